The minimum absolute atomic E-state index is 0.0509. The molecule has 1 aromatic heterocycles. The molecule has 0 aromatic carbocycles. The lowest BCUT2D eigenvalue weighted by molar-refractivity contribution is 0.537. The lowest BCUT2D eigenvalue weighted by atomic mass is 10.1. The molecule has 1 atom stereocenters. The van der Waals surface area contributed by atoms with Gasteiger partial charge in [-0.15, -0.1) is 5.10 Å². The quantitative estimate of drug-likeness (QED) is 0.702. The SMILES string of the molecule is CCCCCn1cc(C(N)CCC)nn1. The molecule has 0 saturated heterocycles. The number of aromatic nitrogens is 3. The van der Waals surface area contributed by atoms with E-state index in [9.17, 15) is 0 Å². The molecule has 4 nitrogen and oxygen atoms in total. The smallest absolute Gasteiger partial charge is 0.0994 e. The highest BCUT2D eigenvalue weighted by Gasteiger charge is 2.08. The van der Waals surface area contributed by atoms with Gasteiger partial charge < -0.3 is 5.73 Å². The van der Waals surface area contributed by atoms with E-state index in [1.165, 1.54) is 19.3 Å². The Morgan fingerprint density at radius 1 is 1.33 bits per heavy atom. The fraction of sp³-hybridized carbons (Fsp3) is 0.818. The summed E-state index contributed by atoms with van der Waals surface area (Å²) < 4.78 is 1.90. The van der Waals surface area contributed by atoms with Crippen LogP contribution in [0.3, 0.4) is 0 Å². The summed E-state index contributed by atoms with van der Waals surface area (Å²) in [4.78, 5) is 0. The molecule has 0 amide bonds. The van der Waals surface area contributed by atoms with Crippen molar-refractivity contribution in [3.8, 4) is 0 Å². The van der Waals surface area contributed by atoms with E-state index in [4.69, 9.17) is 5.73 Å². The van der Waals surface area contributed by atoms with Gasteiger partial charge in [0.15, 0.2) is 0 Å². The van der Waals surface area contributed by atoms with E-state index < -0.39 is 0 Å². The van der Waals surface area contributed by atoms with Crippen molar-refractivity contribution in [3.63, 3.8) is 0 Å². The number of hydrogen-bond donors (Lipinski definition) is 1. The molecule has 1 unspecified atom stereocenters. The lowest BCUT2D eigenvalue weighted by Gasteiger charge is -2.04. The number of unbranched alkanes of at least 4 members (excludes halogenated alkanes) is 2. The van der Waals surface area contributed by atoms with Gasteiger partial charge in [-0.25, -0.2) is 0 Å². The van der Waals surface area contributed by atoms with Gasteiger partial charge in [-0.05, 0) is 12.8 Å². The van der Waals surface area contributed by atoms with Gasteiger partial charge in [0, 0.05) is 6.54 Å². The second-order valence-electron chi connectivity index (χ2n) is 4.01. The van der Waals surface area contributed by atoms with Crippen LogP contribution in [0.1, 0.15) is 57.7 Å². The van der Waals surface area contributed by atoms with Crippen LogP contribution in [0, 0.1) is 0 Å². The van der Waals surface area contributed by atoms with Gasteiger partial charge in [0.05, 0.1) is 17.9 Å². The maximum Gasteiger partial charge on any atom is 0.0994 e. The Hall–Kier alpha value is -0.900. The van der Waals surface area contributed by atoms with Crippen LogP contribution in [0.4, 0.5) is 0 Å². The van der Waals surface area contributed by atoms with Gasteiger partial charge in [0.2, 0.25) is 0 Å². The summed E-state index contributed by atoms with van der Waals surface area (Å²) in [5.41, 5.74) is 6.88. The zero-order chi connectivity index (χ0) is 11.1. The van der Waals surface area contributed by atoms with E-state index >= 15 is 0 Å². The summed E-state index contributed by atoms with van der Waals surface area (Å²) in [6, 6.07) is 0.0509. The Labute approximate surface area is 91.9 Å². The van der Waals surface area contributed by atoms with Crippen molar-refractivity contribution in [3.05, 3.63) is 11.9 Å². The Morgan fingerprint density at radius 3 is 2.80 bits per heavy atom. The molecule has 0 aliphatic heterocycles. The zero-order valence-corrected chi connectivity index (χ0v) is 9.82. The third-order valence-electron chi connectivity index (χ3n) is 2.53. The van der Waals surface area contributed by atoms with E-state index in [2.05, 4.69) is 24.2 Å². The van der Waals surface area contributed by atoms with Crippen molar-refractivity contribution in [2.45, 2.75) is 58.5 Å². The molecule has 2 N–H and O–H groups in total. The second-order valence-corrected chi connectivity index (χ2v) is 4.01. The van der Waals surface area contributed by atoms with Crippen molar-refractivity contribution in [1.29, 1.82) is 0 Å². The van der Waals surface area contributed by atoms with Gasteiger partial charge in [0.25, 0.3) is 0 Å². The number of hydrogen-bond acceptors (Lipinski definition) is 3. The monoisotopic (exact) mass is 210 g/mol. The average molecular weight is 210 g/mol. The molecule has 0 bridgehead atoms. The molecule has 15 heavy (non-hydrogen) atoms. The van der Waals surface area contributed by atoms with Crippen molar-refractivity contribution >= 4 is 0 Å². The summed E-state index contributed by atoms with van der Waals surface area (Å²) in [7, 11) is 0. The molecule has 0 fully saturated rings. The maximum absolute atomic E-state index is 5.96. The first kappa shape index (κ1) is 12.2. The number of nitrogens with two attached hydrogens (primary N) is 1. The topological polar surface area (TPSA) is 56.7 Å². The molecule has 4 heteroatoms. The predicted molar refractivity (Wildman–Crippen MR) is 61.4 cm³/mol. The standard InChI is InChI=1S/C11H22N4/c1-3-5-6-8-15-9-11(13-14-15)10(12)7-4-2/h9-10H,3-8,12H2,1-2H3. The van der Waals surface area contributed by atoms with E-state index in [-0.39, 0.29) is 6.04 Å². The molecular weight excluding hydrogens is 188 g/mol. The van der Waals surface area contributed by atoms with Crippen molar-refractivity contribution in [1.82, 2.24) is 15.0 Å². The summed E-state index contributed by atoms with van der Waals surface area (Å²) in [6.07, 6.45) is 7.70. The fourth-order valence-electron chi connectivity index (χ4n) is 1.58. The first-order valence-electron chi connectivity index (χ1n) is 5.93. The van der Waals surface area contributed by atoms with Crippen LogP contribution < -0.4 is 5.73 Å². The van der Waals surface area contributed by atoms with Crippen LogP contribution in [-0.4, -0.2) is 15.0 Å². The first-order chi connectivity index (χ1) is 7.27. The zero-order valence-electron chi connectivity index (χ0n) is 9.82. The van der Waals surface area contributed by atoms with Gasteiger partial charge in [-0.2, -0.15) is 0 Å². The summed E-state index contributed by atoms with van der Waals surface area (Å²) in [5, 5.41) is 8.18. The van der Waals surface area contributed by atoms with Crippen LogP contribution >= 0.6 is 0 Å². The van der Waals surface area contributed by atoms with E-state index in [0.29, 0.717) is 0 Å². The Bertz CT molecular complexity index is 269. The summed E-state index contributed by atoms with van der Waals surface area (Å²) in [5.74, 6) is 0. The normalized spacial score (nSPS) is 13.0. The third-order valence-corrected chi connectivity index (χ3v) is 2.53. The van der Waals surface area contributed by atoms with Crippen LogP contribution in [-0.2, 0) is 6.54 Å². The Kier molecular flexibility index (Phi) is 5.32. The van der Waals surface area contributed by atoms with E-state index in [1.807, 2.05) is 10.9 Å². The van der Waals surface area contributed by atoms with E-state index in [1.54, 1.807) is 0 Å². The van der Waals surface area contributed by atoms with Crippen molar-refractivity contribution in [2.24, 2.45) is 5.73 Å². The average Bonchev–Trinajstić information content (AvgIpc) is 2.67. The largest absolute Gasteiger partial charge is 0.323 e. The fourth-order valence-corrected chi connectivity index (χ4v) is 1.58. The maximum atomic E-state index is 5.96. The minimum atomic E-state index is 0.0509. The highest BCUT2D eigenvalue weighted by atomic mass is 15.4. The van der Waals surface area contributed by atoms with Gasteiger partial charge in [-0.3, -0.25) is 4.68 Å². The Balaban J connectivity index is 2.41. The summed E-state index contributed by atoms with van der Waals surface area (Å²) in [6.45, 7) is 5.29. The summed E-state index contributed by atoms with van der Waals surface area (Å²) >= 11 is 0. The highest BCUT2D eigenvalue weighted by molar-refractivity contribution is 4.99. The third kappa shape index (κ3) is 4.00. The molecule has 1 heterocycles. The van der Waals surface area contributed by atoms with Gasteiger partial charge >= 0.3 is 0 Å². The number of nitrogens with zero attached hydrogens (tertiary/aromatic N) is 3. The van der Waals surface area contributed by atoms with Crippen molar-refractivity contribution < 1.29 is 0 Å². The predicted octanol–water partition coefficient (Wildman–Crippen LogP) is 2.27. The van der Waals surface area contributed by atoms with Crippen LogP contribution in [0.25, 0.3) is 0 Å². The minimum Gasteiger partial charge on any atom is -0.323 e. The second kappa shape index (κ2) is 6.56. The van der Waals surface area contributed by atoms with Gasteiger partial charge in [0.1, 0.15) is 0 Å². The molecule has 1 aromatic rings. The van der Waals surface area contributed by atoms with Crippen LogP contribution in [0.5, 0.6) is 0 Å². The molecule has 0 aliphatic carbocycles. The number of rotatable bonds is 7. The molecule has 0 aliphatic rings. The molecule has 86 valence electrons. The molecule has 1 rings (SSSR count). The molecule has 0 spiro atoms. The first-order valence-corrected chi connectivity index (χ1v) is 5.93. The molecular formula is C11H22N4. The molecule has 0 saturated carbocycles. The van der Waals surface area contributed by atoms with Crippen LogP contribution in [0.15, 0.2) is 6.20 Å². The number of aryl methyl sites for hydroxylation is 1. The molecule has 0 radical (unpaired) electrons. The van der Waals surface area contributed by atoms with Crippen molar-refractivity contribution in [2.75, 3.05) is 0 Å². The Morgan fingerprint density at radius 2 is 2.13 bits per heavy atom. The van der Waals surface area contributed by atoms with Gasteiger partial charge in [-0.1, -0.05) is 38.3 Å². The van der Waals surface area contributed by atoms with E-state index in [0.717, 1.165) is 25.1 Å². The lowest BCUT2D eigenvalue weighted by Crippen LogP contribution is -2.10. The van der Waals surface area contributed by atoms with Crippen LogP contribution in [0.2, 0.25) is 0 Å². The highest BCUT2D eigenvalue weighted by Crippen LogP contribution is 2.12.